The second kappa shape index (κ2) is 6.09. The molecule has 7 heteroatoms. The van der Waals surface area contributed by atoms with Crippen LogP contribution in [0.2, 0.25) is 0 Å². The molecule has 0 spiro atoms. The molecule has 26 heavy (non-hydrogen) atoms. The number of amides is 2. The lowest BCUT2D eigenvalue weighted by Gasteiger charge is -2.50. The summed E-state index contributed by atoms with van der Waals surface area (Å²) in [6.07, 6.45) is 0.622. The molecule has 2 aliphatic rings. The van der Waals surface area contributed by atoms with Crippen LogP contribution in [0.1, 0.15) is 24.9 Å². The van der Waals surface area contributed by atoms with Crippen molar-refractivity contribution in [2.24, 2.45) is 0 Å². The highest BCUT2D eigenvalue weighted by molar-refractivity contribution is 9.10. The van der Waals surface area contributed by atoms with E-state index in [2.05, 4.69) is 21.2 Å². The minimum Gasteiger partial charge on any atom is -0.497 e. The molecular weight excluding hydrogens is 400 g/mol. The van der Waals surface area contributed by atoms with Gasteiger partial charge in [-0.1, -0.05) is 15.9 Å². The molecule has 136 valence electrons. The zero-order valence-corrected chi connectivity index (χ0v) is 16.3. The molecule has 0 radical (unpaired) electrons. The van der Waals surface area contributed by atoms with E-state index in [1.54, 1.807) is 31.3 Å². The van der Waals surface area contributed by atoms with Gasteiger partial charge in [-0.15, -0.1) is 0 Å². The predicted molar refractivity (Wildman–Crippen MR) is 101 cm³/mol. The van der Waals surface area contributed by atoms with Gasteiger partial charge in [0.05, 0.1) is 25.9 Å². The molecule has 1 saturated heterocycles. The lowest BCUT2D eigenvalue weighted by Crippen LogP contribution is -2.65. The molecule has 1 fully saturated rings. The Bertz CT molecular complexity index is 888. The van der Waals surface area contributed by atoms with Crippen molar-refractivity contribution in [2.75, 3.05) is 19.1 Å². The van der Waals surface area contributed by atoms with Crippen molar-refractivity contribution in [1.82, 2.24) is 5.32 Å². The highest BCUT2D eigenvalue weighted by Gasteiger charge is 2.50. The van der Waals surface area contributed by atoms with Crippen molar-refractivity contribution in [3.8, 4) is 17.2 Å². The third-order valence-electron chi connectivity index (χ3n) is 4.86. The first-order valence-corrected chi connectivity index (χ1v) is 9.06. The van der Waals surface area contributed by atoms with Gasteiger partial charge >= 0.3 is 6.03 Å². The molecule has 4 rings (SSSR count). The van der Waals surface area contributed by atoms with Gasteiger partial charge in [0.25, 0.3) is 0 Å². The number of carbonyl (C=O) groups is 1. The van der Waals surface area contributed by atoms with Gasteiger partial charge < -0.3 is 19.5 Å². The van der Waals surface area contributed by atoms with Crippen LogP contribution in [0, 0.1) is 0 Å². The average Bonchev–Trinajstić information content (AvgIpc) is 2.62. The average molecular weight is 419 g/mol. The Morgan fingerprint density at radius 1 is 1.23 bits per heavy atom. The van der Waals surface area contributed by atoms with Crippen molar-refractivity contribution >= 4 is 27.6 Å². The topological polar surface area (TPSA) is 60.0 Å². The molecule has 0 aliphatic carbocycles. The molecule has 2 atom stereocenters. The standard InChI is InChI=1S/C19H19BrN2O4/c1-19-10-14(13-8-11(20)4-7-16(13)26-19)21-18(23)22(19)15-6-5-12(24-2)9-17(15)25-3/h4-9,14H,10H2,1-3H3,(H,21,23). The van der Waals surface area contributed by atoms with Crippen LogP contribution in [0.4, 0.5) is 10.5 Å². The van der Waals surface area contributed by atoms with Gasteiger partial charge in [0, 0.05) is 22.5 Å². The summed E-state index contributed by atoms with van der Waals surface area (Å²) in [5, 5.41) is 3.08. The molecule has 2 unspecified atom stereocenters. The van der Waals surface area contributed by atoms with E-state index < -0.39 is 5.72 Å². The quantitative estimate of drug-likeness (QED) is 0.809. The van der Waals surface area contributed by atoms with E-state index in [-0.39, 0.29) is 12.1 Å². The lowest BCUT2D eigenvalue weighted by molar-refractivity contribution is 0.0374. The van der Waals surface area contributed by atoms with E-state index in [4.69, 9.17) is 14.2 Å². The Morgan fingerprint density at radius 3 is 2.77 bits per heavy atom. The van der Waals surface area contributed by atoms with E-state index in [1.165, 1.54) is 0 Å². The van der Waals surface area contributed by atoms with Crippen LogP contribution >= 0.6 is 15.9 Å². The van der Waals surface area contributed by atoms with Crippen LogP contribution < -0.4 is 24.4 Å². The summed E-state index contributed by atoms with van der Waals surface area (Å²) >= 11 is 3.48. The van der Waals surface area contributed by atoms with Crippen molar-refractivity contribution < 1.29 is 19.0 Å². The second-order valence-electron chi connectivity index (χ2n) is 6.54. The number of benzene rings is 2. The SMILES string of the molecule is COc1ccc(N2C(=O)NC3CC2(C)Oc2ccc(Br)cc23)c(OC)c1. The summed E-state index contributed by atoms with van der Waals surface area (Å²) in [6.45, 7) is 1.92. The number of ether oxygens (including phenoxy) is 3. The number of fused-ring (bicyclic) bond motifs is 4. The summed E-state index contributed by atoms with van der Waals surface area (Å²) in [5.41, 5.74) is 0.786. The number of anilines is 1. The fraction of sp³-hybridized carbons (Fsp3) is 0.316. The summed E-state index contributed by atoms with van der Waals surface area (Å²) in [4.78, 5) is 14.6. The Morgan fingerprint density at radius 2 is 2.04 bits per heavy atom. The fourth-order valence-electron chi connectivity index (χ4n) is 3.68. The van der Waals surface area contributed by atoms with Crippen LogP contribution in [-0.2, 0) is 0 Å². The smallest absolute Gasteiger partial charge is 0.325 e. The summed E-state index contributed by atoms with van der Waals surface area (Å²) < 4.78 is 18.0. The molecule has 0 aromatic heterocycles. The second-order valence-corrected chi connectivity index (χ2v) is 7.45. The molecule has 0 saturated carbocycles. The molecule has 2 aromatic carbocycles. The van der Waals surface area contributed by atoms with Crippen LogP contribution in [-0.4, -0.2) is 26.0 Å². The zero-order chi connectivity index (χ0) is 18.5. The Labute approximate surface area is 160 Å². The van der Waals surface area contributed by atoms with Crippen molar-refractivity contribution in [2.45, 2.75) is 25.1 Å². The zero-order valence-electron chi connectivity index (χ0n) is 14.7. The van der Waals surface area contributed by atoms with Gasteiger partial charge in [-0.25, -0.2) is 4.79 Å². The van der Waals surface area contributed by atoms with E-state index in [1.807, 2.05) is 31.2 Å². The molecule has 2 aliphatic heterocycles. The normalized spacial score (nSPS) is 23.6. The molecular formula is C19H19BrN2O4. The van der Waals surface area contributed by atoms with Gasteiger partial charge in [0.15, 0.2) is 5.72 Å². The first-order valence-electron chi connectivity index (χ1n) is 8.26. The van der Waals surface area contributed by atoms with Crippen LogP contribution in [0.3, 0.4) is 0 Å². The largest absolute Gasteiger partial charge is 0.497 e. The Kier molecular flexibility index (Phi) is 3.99. The maximum absolute atomic E-state index is 13.0. The fourth-order valence-corrected chi connectivity index (χ4v) is 4.06. The summed E-state index contributed by atoms with van der Waals surface area (Å²) in [7, 11) is 3.16. The van der Waals surface area contributed by atoms with Gasteiger partial charge in [-0.05, 0) is 37.3 Å². The van der Waals surface area contributed by atoms with Crippen molar-refractivity contribution in [1.29, 1.82) is 0 Å². The molecule has 2 amide bonds. The number of hydrogen-bond donors (Lipinski definition) is 1. The molecule has 2 aromatic rings. The number of carbonyl (C=O) groups excluding carboxylic acids is 1. The van der Waals surface area contributed by atoms with Gasteiger partial charge in [0.1, 0.15) is 17.2 Å². The number of hydrogen-bond acceptors (Lipinski definition) is 4. The van der Waals surface area contributed by atoms with Crippen molar-refractivity contribution in [3.05, 3.63) is 46.4 Å². The highest BCUT2D eigenvalue weighted by atomic mass is 79.9. The number of rotatable bonds is 3. The van der Waals surface area contributed by atoms with Crippen LogP contribution in [0.5, 0.6) is 17.2 Å². The molecule has 1 N–H and O–H groups in total. The first kappa shape index (κ1) is 17.0. The van der Waals surface area contributed by atoms with Gasteiger partial charge in [-0.3, -0.25) is 4.90 Å². The van der Waals surface area contributed by atoms with E-state index in [0.29, 0.717) is 23.6 Å². The number of nitrogens with zero attached hydrogens (tertiary/aromatic N) is 1. The minimum absolute atomic E-state index is 0.103. The van der Waals surface area contributed by atoms with Crippen LogP contribution in [0.25, 0.3) is 0 Å². The van der Waals surface area contributed by atoms with Crippen LogP contribution in [0.15, 0.2) is 40.9 Å². The van der Waals surface area contributed by atoms with Gasteiger partial charge in [-0.2, -0.15) is 0 Å². The van der Waals surface area contributed by atoms with E-state index in [0.717, 1.165) is 15.8 Å². The number of halogens is 1. The third kappa shape index (κ3) is 2.58. The van der Waals surface area contributed by atoms with E-state index >= 15 is 0 Å². The van der Waals surface area contributed by atoms with E-state index in [9.17, 15) is 4.79 Å². The molecule has 2 bridgehead atoms. The molecule has 6 nitrogen and oxygen atoms in total. The maximum Gasteiger partial charge on any atom is 0.325 e. The summed E-state index contributed by atoms with van der Waals surface area (Å²) in [6, 6.07) is 10.9. The Hall–Kier alpha value is -2.41. The van der Waals surface area contributed by atoms with Crippen molar-refractivity contribution in [3.63, 3.8) is 0 Å². The predicted octanol–water partition coefficient (Wildman–Crippen LogP) is 4.24. The first-order chi connectivity index (χ1) is 12.4. The third-order valence-corrected chi connectivity index (χ3v) is 5.35. The Balaban J connectivity index is 1.80. The monoisotopic (exact) mass is 418 g/mol. The minimum atomic E-state index is -0.824. The highest BCUT2D eigenvalue weighted by Crippen LogP contribution is 2.48. The lowest BCUT2D eigenvalue weighted by atomic mass is 9.90. The number of methoxy groups -OCH3 is 2. The number of urea groups is 1. The summed E-state index contributed by atoms with van der Waals surface area (Å²) in [5.74, 6) is 1.97. The molecule has 2 heterocycles. The number of nitrogens with one attached hydrogen (secondary N) is 1. The maximum atomic E-state index is 13.0. The van der Waals surface area contributed by atoms with Gasteiger partial charge in [0.2, 0.25) is 0 Å².